The lowest BCUT2D eigenvalue weighted by Crippen LogP contribution is -2.30. The molecule has 5 aromatic carbocycles. The van der Waals surface area contributed by atoms with Gasteiger partial charge in [0, 0.05) is 26.9 Å². The van der Waals surface area contributed by atoms with E-state index in [1.165, 1.54) is 36.0 Å². The highest BCUT2D eigenvalue weighted by Crippen LogP contribution is 2.37. The molecule has 0 radical (unpaired) electrons. The van der Waals surface area contributed by atoms with Gasteiger partial charge in [-0.1, -0.05) is 89.9 Å². The molecule has 0 saturated heterocycles. The molecule has 5 rings (SSSR count). The molecule has 3 amide bonds. The molecular weight excluding hydrogens is 644 g/mol. The summed E-state index contributed by atoms with van der Waals surface area (Å²) >= 11 is 13.5. The lowest BCUT2D eigenvalue weighted by Gasteiger charge is -2.18. The van der Waals surface area contributed by atoms with E-state index in [-0.39, 0.29) is 16.6 Å². The summed E-state index contributed by atoms with van der Waals surface area (Å²) < 4.78 is 13.6. The van der Waals surface area contributed by atoms with Crippen molar-refractivity contribution in [3.63, 3.8) is 0 Å². The zero-order valence-corrected chi connectivity index (χ0v) is 26.4. The molecule has 0 bridgehead atoms. The first kappa shape index (κ1) is 32.5. The summed E-state index contributed by atoms with van der Waals surface area (Å²) in [7, 11) is 0. The number of thioether (sulfide) groups is 1. The lowest BCUT2D eigenvalue weighted by molar-refractivity contribution is -0.116. The van der Waals surface area contributed by atoms with Crippen LogP contribution in [0, 0.1) is 5.82 Å². The quantitative estimate of drug-likeness (QED) is 0.102. The van der Waals surface area contributed by atoms with Gasteiger partial charge in [-0.25, -0.2) is 4.39 Å². The molecule has 0 fully saturated rings. The van der Waals surface area contributed by atoms with Crippen molar-refractivity contribution in [1.82, 2.24) is 5.32 Å². The molecule has 230 valence electrons. The number of rotatable bonds is 10. The Bertz CT molecular complexity index is 1890. The van der Waals surface area contributed by atoms with Crippen LogP contribution in [0.15, 0.2) is 138 Å². The molecule has 10 heteroatoms. The van der Waals surface area contributed by atoms with Gasteiger partial charge in [0.2, 0.25) is 5.91 Å². The molecule has 6 nitrogen and oxygen atoms in total. The second-order valence-electron chi connectivity index (χ2n) is 9.90. The smallest absolute Gasteiger partial charge is 0.272 e. The monoisotopic (exact) mass is 669 g/mol. The standard InChI is InChI=1S/C36H26Cl2FN3O3S/c37-29-14-8-7-13-25(29)21-32(42-34(43)24-11-5-2-6-12-24)35(44)40-26-15-18-28(19-16-26)46-33(23-9-3-1-4-10-23)36(45)41-27-17-20-31(39)30(38)22-27/h1-22,33H,(H,40,44)(H,41,45)(H,42,43)/b32-21-. The molecule has 0 saturated carbocycles. The maximum absolute atomic E-state index is 13.6. The van der Waals surface area contributed by atoms with Gasteiger partial charge in [0.15, 0.2) is 0 Å². The highest BCUT2D eigenvalue weighted by Gasteiger charge is 2.23. The first-order valence-corrected chi connectivity index (χ1v) is 15.6. The number of anilines is 2. The fourth-order valence-electron chi connectivity index (χ4n) is 4.32. The van der Waals surface area contributed by atoms with Crippen LogP contribution in [0.25, 0.3) is 6.08 Å². The van der Waals surface area contributed by atoms with Crippen LogP contribution in [0.4, 0.5) is 15.8 Å². The summed E-state index contributed by atoms with van der Waals surface area (Å²) in [6.45, 7) is 0. The molecule has 3 N–H and O–H groups in total. The van der Waals surface area contributed by atoms with E-state index in [1.807, 2.05) is 30.3 Å². The minimum Gasteiger partial charge on any atom is -0.325 e. The van der Waals surface area contributed by atoms with Crippen molar-refractivity contribution in [3.05, 3.63) is 166 Å². The Morgan fingerprint density at radius 2 is 1.33 bits per heavy atom. The molecule has 1 atom stereocenters. The maximum Gasteiger partial charge on any atom is 0.272 e. The predicted molar refractivity (Wildman–Crippen MR) is 183 cm³/mol. The van der Waals surface area contributed by atoms with Crippen LogP contribution in [-0.4, -0.2) is 17.7 Å². The summed E-state index contributed by atoms with van der Waals surface area (Å²) in [6, 6.07) is 35.7. The van der Waals surface area contributed by atoms with Crippen molar-refractivity contribution < 1.29 is 18.8 Å². The second kappa shape index (κ2) is 15.4. The summed E-state index contributed by atoms with van der Waals surface area (Å²) in [5, 5.41) is 8.00. The lowest BCUT2D eigenvalue weighted by atomic mass is 10.1. The molecule has 1 unspecified atom stereocenters. The van der Waals surface area contributed by atoms with Crippen molar-refractivity contribution in [1.29, 1.82) is 0 Å². The van der Waals surface area contributed by atoms with Crippen LogP contribution in [-0.2, 0) is 9.59 Å². The minimum atomic E-state index is -0.649. The van der Waals surface area contributed by atoms with Gasteiger partial charge in [-0.05, 0) is 77.9 Å². The number of halogens is 3. The largest absolute Gasteiger partial charge is 0.325 e. The van der Waals surface area contributed by atoms with Gasteiger partial charge < -0.3 is 16.0 Å². The molecule has 0 aliphatic rings. The average molecular weight is 671 g/mol. The summed E-state index contributed by atoms with van der Waals surface area (Å²) in [5.74, 6) is -1.90. The van der Waals surface area contributed by atoms with E-state index >= 15 is 0 Å². The number of hydrogen-bond donors (Lipinski definition) is 3. The van der Waals surface area contributed by atoms with Gasteiger partial charge in [-0.2, -0.15) is 0 Å². The third-order valence-electron chi connectivity index (χ3n) is 6.63. The van der Waals surface area contributed by atoms with Crippen molar-refractivity contribution in [3.8, 4) is 0 Å². The molecule has 0 aliphatic carbocycles. The topological polar surface area (TPSA) is 87.3 Å². The Labute approximate surface area is 279 Å². The van der Waals surface area contributed by atoms with E-state index in [9.17, 15) is 18.8 Å². The Morgan fingerprint density at radius 3 is 2.00 bits per heavy atom. The van der Waals surface area contributed by atoms with Crippen molar-refractivity contribution in [2.45, 2.75) is 10.1 Å². The van der Waals surface area contributed by atoms with Crippen LogP contribution in [0.3, 0.4) is 0 Å². The highest BCUT2D eigenvalue weighted by molar-refractivity contribution is 8.00. The first-order valence-electron chi connectivity index (χ1n) is 14.0. The number of benzene rings is 5. The summed E-state index contributed by atoms with van der Waals surface area (Å²) in [4.78, 5) is 40.5. The number of amides is 3. The number of nitrogens with one attached hydrogen (secondary N) is 3. The van der Waals surface area contributed by atoms with E-state index in [0.29, 0.717) is 27.5 Å². The third-order valence-corrected chi connectivity index (χ3v) is 8.53. The SMILES string of the molecule is O=C(Nc1ccc(SC(C(=O)Nc2ccc(F)c(Cl)c2)c2ccccc2)cc1)/C(=C/c1ccccc1Cl)NC(=O)c1ccccc1. The van der Waals surface area contributed by atoms with Gasteiger partial charge in [-0.3, -0.25) is 14.4 Å². The van der Waals surface area contributed by atoms with Crippen LogP contribution in [0.1, 0.15) is 26.7 Å². The van der Waals surface area contributed by atoms with Crippen molar-refractivity contribution in [2.75, 3.05) is 10.6 Å². The highest BCUT2D eigenvalue weighted by atomic mass is 35.5. The third kappa shape index (κ3) is 8.63. The van der Waals surface area contributed by atoms with Crippen LogP contribution in [0.2, 0.25) is 10.0 Å². The first-order chi connectivity index (χ1) is 22.3. The zero-order chi connectivity index (χ0) is 32.5. The molecule has 46 heavy (non-hydrogen) atoms. The second-order valence-corrected chi connectivity index (χ2v) is 11.9. The van der Waals surface area contributed by atoms with Crippen LogP contribution < -0.4 is 16.0 Å². The fourth-order valence-corrected chi connectivity index (χ4v) is 5.72. The molecule has 0 heterocycles. The van der Waals surface area contributed by atoms with Crippen LogP contribution >= 0.6 is 35.0 Å². The molecule has 0 aromatic heterocycles. The van der Waals surface area contributed by atoms with E-state index in [4.69, 9.17) is 23.2 Å². The van der Waals surface area contributed by atoms with E-state index in [0.717, 1.165) is 10.5 Å². The van der Waals surface area contributed by atoms with Gasteiger partial charge in [0.05, 0.1) is 5.02 Å². The summed E-state index contributed by atoms with van der Waals surface area (Å²) in [5.41, 5.74) is 2.55. The molecule has 0 spiro atoms. The molecular formula is C36H26Cl2FN3O3S. The summed E-state index contributed by atoms with van der Waals surface area (Å²) in [6.07, 6.45) is 1.51. The Hall–Kier alpha value is -4.89. The van der Waals surface area contributed by atoms with Crippen molar-refractivity contribution >= 4 is 70.1 Å². The Morgan fingerprint density at radius 1 is 0.696 bits per heavy atom. The minimum absolute atomic E-state index is 0.00196. The molecule has 5 aromatic rings. The number of carbonyl (C=O) groups excluding carboxylic acids is 3. The molecule has 0 aliphatic heterocycles. The zero-order valence-electron chi connectivity index (χ0n) is 24.0. The predicted octanol–water partition coefficient (Wildman–Crippen LogP) is 9.01. The van der Waals surface area contributed by atoms with Crippen LogP contribution in [0.5, 0.6) is 0 Å². The maximum atomic E-state index is 13.6. The van der Waals surface area contributed by atoms with Gasteiger partial charge in [-0.15, -0.1) is 11.8 Å². The van der Waals surface area contributed by atoms with Gasteiger partial charge >= 0.3 is 0 Å². The van der Waals surface area contributed by atoms with E-state index < -0.39 is 22.9 Å². The van der Waals surface area contributed by atoms with Crippen molar-refractivity contribution in [2.24, 2.45) is 0 Å². The Balaban J connectivity index is 1.33. The Kier molecular flexibility index (Phi) is 10.9. The van der Waals surface area contributed by atoms with E-state index in [2.05, 4.69) is 16.0 Å². The normalized spacial score (nSPS) is 11.8. The number of carbonyl (C=O) groups is 3. The number of hydrogen-bond acceptors (Lipinski definition) is 4. The van der Waals surface area contributed by atoms with Gasteiger partial charge in [0.25, 0.3) is 11.8 Å². The van der Waals surface area contributed by atoms with Gasteiger partial charge in [0.1, 0.15) is 16.8 Å². The van der Waals surface area contributed by atoms with E-state index in [1.54, 1.807) is 78.9 Å². The fraction of sp³-hybridized carbons (Fsp3) is 0.0278. The average Bonchev–Trinajstić information content (AvgIpc) is 3.07.